The highest BCUT2D eigenvalue weighted by Crippen LogP contribution is 2.13. The summed E-state index contributed by atoms with van der Waals surface area (Å²) >= 11 is 5.91. The van der Waals surface area contributed by atoms with Gasteiger partial charge < -0.3 is 9.73 Å². The van der Waals surface area contributed by atoms with Crippen molar-refractivity contribution in [1.29, 1.82) is 0 Å². The maximum Gasteiger partial charge on any atom is 0.251 e. The van der Waals surface area contributed by atoms with E-state index >= 15 is 0 Å². The van der Waals surface area contributed by atoms with Crippen LogP contribution in [0.15, 0.2) is 76.2 Å². The minimum atomic E-state index is -3.70. The Balaban J connectivity index is 1.61. The molecule has 3 rings (SSSR count). The highest BCUT2D eigenvalue weighted by Gasteiger charge is 2.15. The fraction of sp³-hybridized carbons (Fsp3) is 0.105. The minimum absolute atomic E-state index is 0.0528. The lowest BCUT2D eigenvalue weighted by molar-refractivity contribution is 0.0951. The number of nitrogens with one attached hydrogen (secondary N) is 2. The SMILES string of the molecule is O=C(NCc1cccc(Cl)c1)c1ccc(S(=O)(=O)NCc2ccco2)cc1. The zero-order valence-electron chi connectivity index (χ0n) is 14.2. The molecule has 0 saturated heterocycles. The van der Waals surface area contributed by atoms with E-state index in [4.69, 9.17) is 16.0 Å². The molecule has 140 valence electrons. The van der Waals surface area contributed by atoms with Crippen LogP contribution in [-0.4, -0.2) is 14.3 Å². The number of benzene rings is 2. The molecule has 1 amide bonds. The lowest BCUT2D eigenvalue weighted by Crippen LogP contribution is -2.24. The number of carbonyl (C=O) groups is 1. The molecule has 0 atom stereocenters. The van der Waals surface area contributed by atoms with Crippen molar-refractivity contribution in [3.63, 3.8) is 0 Å². The molecule has 2 aromatic carbocycles. The zero-order chi connectivity index (χ0) is 19.3. The maximum atomic E-state index is 12.3. The number of sulfonamides is 1. The number of halogens is 1. The highest BCUT2D eigenvalue weighted by atomic mass is 35.5. The van der Waals surface area contributed by atoms with Crippen LogP contribution in [0.4, 0.5) is 0 Å². The Kier molecular flexibility index (Phi) is 5.95. The summed E-state index contributed by atoms with van der Waals surface area (Å²) in [5.74, 6) is 0.207. The first-order valence-electron chi connectivity index (χ1n) is 8.09. The summed E-state index contributed by atoms with van der Waals surface area (Å²) in [7, 11) is -3.70. The molecule has 0 aliphatic heterocycles. The summed E-state index contributed by atoms with van der Waals surface area (Å²) in [5, 5.41) is 3.37. The fourth-order valence-electron chi connectivity index (χ4n) is 2.38. The summed E-state index contributed by atoms with van der Waals surface area (Å²) in [6.45, 7) is 0.376. The highest BCUT2D eigenvalue weighted by molar-refractivity contribution is 7.89. The van der Waals surface area contributed by atoms with Crippen molar-refractivity contribution in [2.75, 3.05) is 0 Å². The number of rotatable bonds is 7. The van der Waals surface area contributed by atoms with E-state index in [-0.39, 0.29) is 17.3 Å². The summed E-state index contributed by atoms with van der Waals surface area (Å²) in [6, 6.07) is 16.2. The second-order valence-electron chi connectivity index (χ2n) is 5.74. The third-order valence-corrected chi connectivity index (χ3v) is 5.44. The van der Waals surface area contributed by atoms with Gasteiger partial charge in [0.25, 0.3) is 5.91 Å². The lowest BCUT2D eigenvalue weighted by atomic mass is 10.2. The largest absolute Gasteiger partial charge is 0.468 e. The average molecular weight is 405 g/mol. The van der Waals surface area contributed by atoms with Crippen molar-refractivity contribution >= 4 is 27.5 Å². The molecule has 8 heteroatoms. The van der Waals surface area contributed by atoms with Gasteiger partial charge in [-0.25, -0.2) is 13.1 Å². The van der Waals surface area contributed by atoms with E-state index in [9.17, 15) is 13.2 Å². The summed E-state index contributed by atoms with van der Waals surface area (Å²) in [5.41, 5.74) is 1.24. The molecule has 0 spiro atoms. The van der Waals surface area contributed by atoms with Gasteiger partial charge in [-0.2, -0.15) is 0 Å². The maximum absolute atomic E-state index is 12.3. The van der Waals surface area contributed by atoms with E-state index in [0.29, 0.717) is 22.9 Å². The van der Waals surface area contributed by atoms with Gasteiger partial charge in [-0.05, 0) is 54.1 Å². The Hall–Kier alpha value is -2.61. The van der Waals surface area contributed by atoms with Gasteiger partial charge in [-0.1, -0.05) is 23.7 Å². The van der Waals surface area contributed by atoms with E-state index in [1.807, 2.05) is 6.07 Å². The number of carbonyl (C=O) groups excluding carboxylic acids is 1. The number of hydrogen-bond acceptors (Lipinski definition) is 4. The molecule has 0 saturated carbocycles. The summed E-state index contributed by atoms with van der Waals surface area (Å²) < 4.78 is 32.1. The van der Waals surface area contributed by atoms with Crippen LogP contribution in [0.25, 0.3) is 0 Å². The molecule has 0 aliphatic carbocycles. The van der Waals surface area contributed by atoms with Crippen LogP contribution < -0.4 is 10.0 Å². The number of hydrogen-bond donors (Lipinski definition) is 2. The van der Waals surface area contributed by atoms with Gasteiger partial charge in [0.15, 0.2) is 0 Å². The van der Waals surface area contributed by atoms with Crippen LogP contribution in [-0.2, 0) is 23.1 Å². The molecular weight excluding hydrogens is 388 g/mol. The first-order valence-corrected chi connectivity index (χ1v) is 9.95. The van der Waals surface area contributed by atoms with Gasteiger partial charge >= 0.3 is 0 Å². The first-order chi connectivity index (χ1) is 12.9. The smallest absolute Gasteiger partial charge is 0.251 e. The van der Waals surface area contributed by atoms with Crippen LogP contribution in [0, 0.1) is 0 Å². The van der Waals surface area contributed by atoms with Gasteiger partial charge in [0, 0.05) is 17.1 Å². The van der Waals surface area contributed by atoms with Gasteiger partial charge in [0.1, 0.15) is 5.76 Å². The van der Waals surface area contributed by atoms with Crippen molar-refractivity contribution in [3.8, 4) is 0 Å². The van der Waals surface area contributed by atoms with Crippen LogP contribution in [0.5, 0.6) is 0 Å². The number of amides is 1. The molecule has 0 bridgehead atoms. The second kappa shape index (κ2) is 8.39. The van der Waals surface area contributed by atoms with Crippen molar-refractivity contribution in [3.05, 3.63) is 88.8 Å². The van der Waals surface area contributed by atoms with E-state index < -0.39 is 10.0 Å². The predicted octanol–water partition coefficient (Wildman–Crippen LogP) is 3.34. The fourth-order valence-corrected chi connectivity index (χ4v) is 3.59. The van der Waals surface area contributed by atoms with Crippen LogP contribution >= 0.6 is 11.6 Å². The Morgan fingerprint density at radius 2 is 1.78 bits per heavy atom. The zero-order valence-corrected chi connectivity index (χ0v) is 15.8. The van der Waals surface area contributed by atoms with Gasteiger partial charge in [-0.15, -0.1) is 0 Å². The standard InChI is InChI=1S/C19H17ClN2O4S/c20-16-4-1-3-14(11-16)12-21-19(23)15-6-8-18(9-7-15)27(24,25)22-13-17-5-2-10-26-17/h1-11,22H,12-13H2,(H,21,23). The monoisotopic (exact) mass is 404 g/mol. The van der Waals surface area contributed by atoms with Crippen LogP contribution in [0.2, 0.25) is 5.02 Å². The molecule has 1 heterocycles. The first kappa shape index (κ1) is 19.2. The van der Waals surface area contributed by atoms with E-state index in [0.717, 1.165) is 5.56 Å². The van der Waals surface area contributed by atoms with Gasteiger partial charge in [0.05, 0.1) is 17.7 Å². The van der Waals surface area contributed by atoms with E-state index in [2.05, 4.69) is 10.0 Å². The molecule has 0 fully saturated rings. The lowest BCUT2D eigenvalue weighted by Gasteiger charge is -2.08. The van der Waals surface area contributed by atoms with E-state index in [1.54, 1.807) is 30.3 Å². The normalized spacial score (nSPS) is 11.3. The molecule has 0 unspecified atom stereocenters. The predicted molar refractivity (Wildman–Crippen MR) is 102 cm³/mol. The van der Waals surface area contributed by atoms with Crippen LogP contribution in [0.3, 0.4) is 0 Å². The van der Waals surface area contributed by atoms with E-state index in [1.165, 1.54) is 30.5 Å². The van der Waals surface area contributed by atoms with Crippen molar-refractivity contribution in [2.45, 2.75) is 18.0 Å². The molecule has 2 N–H and O–H groups in total. The molecule has 6 nitrogen and oxygen atoms in total. The Morgan fingerprint density at radius 3 is 2.44 bits per heavy atom. The molecule has 27 heavy (non-hydrogen) atoms. The summed E-state index contributed by atoms with van der Waals surface area (Å²) in [4.78, 5) is 12.3. The minimum Gasteiger partial charge on any atom is -0.468 e. The van der Waals surface area contributed by atoms with Gasteiger partial charge in [0.2, 0.25) is 10.0 Å². The molecule has 0 radical (unpaired) electrons. The molecule has 1 aromatic heterocycles. The molecular formula is C19H17ClN2O4S. The van der Waals surface area contributed by atoms with Crippen molar-refractivity contribution in [1.82, 2.24) is 10.0 Å². The van der Waals surface area contributed by atoms with Crippen molar-refractivity contribution in [2.24, 2.45) is 0 Å². The second-order valence-corrected chi connectivity index (χ2v) is 7.94. The molecule has 0 aliphatic rings. The third-order valence-electron chi connectivity index (χ3n) is 3.79. The van der Waals surface area contributed by atoms with Gasteiger partial charge in [-0.3, -0.25) is 4.79 Å². The topological polar surface area (TPSA) is 88.4 Å². The molecule has 3 aromatic rings. The van der Waals surface area contributed by atoms with Crippen molar-refractivity contribution < 1.29 is 17.6 Å². The quantitative estimate of drug-likeness (QED) is 0.632. The average Bonchev–Trinajstić information content (AvgIpc) is 3.18. The number of furan rings is 1. The van der Waals surface area contributed by atoms with Crippen LogP contribution in [0.1, 0.15) is 21.7 Å². The Bertz CT molecular complexity index is 1020. The Morgan fingerprint density at radius 1 is 1.00 bits per heavy atom. The summed E-state index contributed by atoms with van der Waals surface area (Å²) in [6.07, 6.45) is 1.47. The Labute approximate surface area is 162 Å². The third kappa shape index (κ3) is 5.19.